The van der Waals surface area contributed by atoms with E-state index in [2.05, 4.69) is 25.4 Å². The summed E-state index contributed by atoms with van der Waals surface area (Å²) in [6, 6.07) is 15.1. The van der Waals surface area contributed by atoms with Gasteiger partial charge in [-0.15, -0.1) is 10.2 Å². The van der Waals surface area contributed by atoms with E-state index >= 15 is 0 Å². The standard InChI is InChI=1S/C26H29N7O2/c34-33(35)21-10-6-7-19(17-21)18-30-13-15-31(16-14-30)26-27-23-12-5-4-11-22(23)25-29-28-24(32(25)26)20-8-2-1-3-9-20/h4-7,10-12,17,20H,1-3,8-9,13-16,18H2. The number of piperazine rings is 1. The van der Waals surface area contributed by atoms with Crippen molar-refractivity contribution in [2.24, 2.45) is 0 Å². The van der Waals surface area contributed by atoms with Crippen LogP contribution in [0.15, 0.2) is 48.5 Å². The van der Waals surface area contributed by atoms with Gasteiger partial charge in [-0.1, -0.05) is 43.5 Å². The van der Waals surface area contributed by atoms with Gasteiger partial charge in [-0.2, -0.15) is 0 Å². The molecule has 2 aliphatic rings. The predicted molar refractivity (Wildman–Crippen MR) is 135 cm³/mol. The van der Waals surface area contributed by atoms with Gasteiger partial charge in [-0.3, -0.25) is 15.0 Å². The number of nitrogens with zero attached hydrogens (tertiary/aromatic N) is 7. The second-order valence-electron chi connectivity index (χ2n) is 9.67. The number of fused-ring (bicyclic) bond motifs is 3. The van der Waals surface area contributed by atoms with Crippen molar-refractivity contribution in [1.29, 1.82) is 0 Å². The van der Waals surface area contributed by atoms with Crippen LogP contribution in [0.4, 0.5) is 11.6 Å². The number of para-hydroxylation sites is 1. The number of nitro benzene ring substituents is 1. The molecule has 35 heavy (non-hydrogen) atoms. The van der Waals surface area contributed by atoms with E-state index in [1.165, 1.54) is 19.3 Å². The van der Waals surface area contributed by atoms with Gasteiger partial charge in [0, 0.05) is 56.2 Å². The number of benzene rings is 2. The molecule has 2 aromatic heterocycles. The fourth-order valence-electron chi connectivity index (χ4n) is 5.56. The lowest BCUT2D eigenvalue weighted by Crippen LogP contribution is -2.47. The van der Waals surface area contributed by atoms with Gasteiger partial charge in [0.1, 0.15) is 5.82 Å². The van der Waals surface area contributed by atoms with E-state index in [-0.39, 0.29) is 10.6 Å². The van der Waals surface area contributed by atoms with Gasteiger partial charge in [0.25, 0.3) is 5.69 Å². The Hall–Kier alpha value is -3.59. The van der Waals surface area contributed by atoms with E-state index in [1.807, 2.05) is 24.3 Å². The summed E-state index contributed by atoms with van der Waals surface area (Å²) in [5.41, 5.74) is 2.95. The first kappa shape index (κ1) is 21.9. The summed E-state index contributed by atoms with van der Waals surface area (Å²) in [7, 11) is 0. The normalized spacial score (nSPS) is 17.9. The summed E-state index contributed by atoms with van der Waals surface area (Å²) >= 11 is 0. The van der Waals surface area contributed by atoms with Gasteiger partial charge in [-0.05, 0) is 30.5 Å². The Bertz CT molecular complexity index is 1370. The fourth-order valence-corrected chi connectivity index (χ4v) is 5.56. The fraction of sp³-hybridized carbons (Fsp3) is 0.423. The molecular weight excluding hydrogens is 442 g/mol. The Morgan fingerprint density at radius 3 is 2.54 bits per heavy atom. The molecule has 0 N–H and O–H groups in total. The van der Waals surface area contributed by atoms with Crippen LogP contribution in [0.25, 0.3) is 16.6 Å². The third kappa shape index (κ3) is 4.20. The number of rotatable bonds is 5. The molecule has 9 nitrogen and oxygen atoms in total. The lowest BCUT2D eigenvalue weighted by atomic mass is 9.89. The van der Waals surface area contributed by atoms with Crippen LogP contribution in [0.5, 0.6) is 0 Å². The van der Waals surface area contributed by atoms with Crippen molar-refractivity contribution in [1.82, 2.24) is 24.5 Å². The number of nitro groups is 1. The maximum atomic E-state index is 11.1. The van der Waals surface area contributed by atoms with Crippen LogP contribution < -0.4 is 4.90 Å². The van der Waals surface area contributed by atoms with Gasteiger partial charge in [0.2, 0.25) is 5.95 Å². The third-order valence-electron chi connectivity index (χ3n) is 7.41. The van der Waals surface area contributed by atoms with Crippen molar-refractivity contribution in [3.63, 3.8) is 0 Å². The summed E-state index contributed by atoms with van der Waals surface area (Å²) in [4.78, 5) is 20.6. The SMILES string of the molecule is O=[N+]([O-])c1cccc(CN2CCN(c3nc4ccccc4c4nnc(C5CCCCC5)n34)CC2)c1. The first-order valence-electron chi connectivity index (χ1n) is 12.5. The number of aromatic nitrogens is 4. The number of non-ortho nitro benzene ring substituents is 1. The van der Waals surface area contributed by atoms with Crippen molar-refractivity contribution < 1.29 is 4.92 Å². The molecule has 0 unspecified atom stereocenters. The predicted octanol–water partition coefficient (Wildman–Crippen LogP) is 4.56. The lowest BCUT2D eigenvalue weighted by molar-refractivity contribution is -0.384. The summed E-state index contributed by atoms with van der Waals surface area (Å²) in [6.07, 6.45) is 6.10. The van der Waals surface area contributed by atoms with Gasteiger partial charge >= 0.3 is 0 Å². The van der Waals surface area contributed by atoms with Crippen molar-refractivity contribution in [3.8, 4) is 0 Å². The molecule has 3 heterocycles. The molecule has 180 valence electrons. The van der Waals surface area contributed by atoms with Crippen LogP contribution in [-0.4, -0.2) is 55.6 Å². The van der Waals surface area contributed by atoms with Gasteiger partial charge in [0.05, 0.1) is 10.4 Å². The summed E-state index contributed by atoms with van der Waals surface area (Å²) < 4.78 is 2.22. The third-order valence-corrected chi connectivity index (χ3v) is 7.41. The Morgan fingerprint density at radius 1 is 0.943 bits per heavy atom. The summed E-state index contributed by atoms with van der Waals surface area (Å²) in [6.45, 7) is 4.09. The van der Waals surface area contributed by atoms with E-state index in [0.29, 0.717) is 12.5 Å². The molecule has 1 saturated carbocycles. The zero-order valence-electron chi connectivity index (χ0n) is 19.7. The molecule has 2 aromatic carbocycles. The second-order valence-corrected chi connectivity index (χ2v) is 9.67. The molecule has 0 atom stereocenters. The molecule has 1 aliphatic carbocycles. The second kappa shape index (κ2) is 9.22. The van der Waals surface area contributed by atoms with E-state index in [0.717, 1.165) is 72.9 Å². The van der Waals surface area contributed by atoms with Gasteiger partial charge < -0.3 is 4.90 Å². The molecule has 4 aromatic rings. The van der Waals surface area contributed by atoms with Crippen molar-refractivity contribution in [3.05, 3.63) is 70.0 Å². The van der Waals surface area contributed by atoms with Crippen molar-refractivity contribution in [2.75, 3.05) is 31.1 Å². The Labute approximate surface area is 203 Å². The lowest BCUT2D eigenvalue weighted by Gasteiger charge is -2.36. The quantitative estimate of drug-likeness (QED) is 0.311. The zero-order valence-corrected chi connectivity index (χ0v) is 19.7. The average Bonchev–Trinajstić information content (AvgIpc) is 3.35. The van der Waals surface area contributed by atoms with E-state index in [4.69, 9.17) is 10.1 Å². The molecule has 2 fully saturated rings. The maximum absolute atomic E-state index is 11.1. The molecule has 0 spiro atoms. The van der Waals surface area contributed by atoms with Crippen molar-refractivity contribution in [2.45, 2.75) is 44.6 Å². The minimum atomic E-state index is -0.332. The van der Waals surface area contributed by atoms with Crippen LogP contribution in [0.2, 0.25) is 0 Å². The number of hydrogen-bond acceptors (Lipinski definition) is 7. The van der Waals surface area contributed by atoms with Gasteiger partial charge in [0.15, 0.2) is 5.65 Å². The van der Waals surface area contributed by atoms with Crippen LogP contribution in [-0.2, 0) is 6.54 Å². The monoisotopic (exact) mass is 471 g/mol. The van der Waals surface area contributed by atoms with E-state index < -0.39 is 0 Å². The zero-order chi connectivity index (χ0) is 23.8. The molecule has 9 heteroatoms. The first-order chi connectivity index (χ1) is 17.2. The number of hydrogen-bond donors (Lipinski definition) is 0. The highest BCUT2D eigenvalue weighted by molar-refractivity contribution is 5.92. The van der Waals surface area contributed by atoms with Crippen LogP contribution >= 0.6 is 0 Å². The average molecular weight is 472 g/mol. The smallest absolute Gasteiger partial charge is 0.269 e. The largest absolute Gasteiger partial charge is 0.339 e. The highest BCUT2D eigenvalue weighted by Crippen LogP contribution is 2.34. The molecule has 0 amide bonds. The Kier molecular flexibility index (Phi) is 5.77. The van der Waals surface area contributed by atoms with Crippen LogP contribution in [0.1, 0.15) is 49.4 Å². The van der Waals surface area contributed by atoms with Crippen LogP contribution in [0.3, 0.4) is 0 Å². The maximum Gasteiger partial charge on any atom is 0.269 e. The summed E-state index contributed by atoms with van der Waals surface area (Å²) in [5, 5.41) is 21.5. The molecule has 0 radical (unpaired) electrons. The van der Waals surface area contributed by atoms with Crippen molar-refractivity contribution >= 4 is 28.2 Å². The highest BCUT2D eigenvalue weighted by atomic mass is 16.6. The molecule has 1 aliphatic heterocycles. The van der Waals surface area contributed by atoms with E-state index in [9.17, 15) is 10.1 Å². The number of anilines is 1. The molecule has 0 bridgehead atoms. The Balaban J connectivity index is 1.29. The summed E-state index contributed by atoms with van der Waals surface area (Å²) in [5.74, 6) is 2.40. The first-order valence-corrected chi connectivity index (χ1v) is 12.5. The molecular formula is C26H29N7O2. The van der Waals surface area contributed by atoms with Crippen LogP contribution in [0, 0.1) is 10.1 Å². The minimum Gasteiger partial charge on any atom is -0.339 e. The topological polar surface area (TPSA) is 92.7 Å². The van der Waals surface area contributed by atoms with E-state index in [1.54, 1.807) is 18.2 Å². The molecule has 1 saturated heterocycles. The highest BCUT2D eigenvalue weighted by Gasteiger charge is 2.27. The minimum absolute atomic E-state index is 0.145. The Morgan fingerprint density at radius 2 is 1.74 bits per heavy atom. The molecule has 6 rings (SSSR count). The van der Waals surface area contributed by atoms with Gasteiger partial charge in [-0.25, -0.2) is 9.38 Å².